The Hall–Kier alpha value is -1.26. The number of carbonyl (C=O) groups is 1. The van der Waals surface area contributed by atoms with Crippen LogP contribution in [0, 0.1) is 5.92 Å². The van der Waals surface area contributed by atoms with Crippen molar-refractivity contribution in [2.24, 2.45) is 5.92 Å². The molecule has 1 aromatic rings. The molecule has 0 radical (unpaired) electrons. The summed E-state index contributed by atoms with van der Waals surface area (Å²) in [5, 5.41) is 19.3. The van der Waals surface area contributed by atoms with Crippen LogP contribution in [0.2, 0.25) is 5.02 Å². The summed E-state index contributed by atoms with van der Waals surface area (Å²) in [6.45, 7) is 0.0700. The zero-order chi connectivity index (χ0) is 14.5. The van der Waals surface area contributed by atoms with Crippen molar-refractivity contribution < 1.29 is 19.7 Å². The van der Waals surface area contributed by atoms with Gasteiger partial charge in [0.1, 0.15) is 12.2 Å². The largest absolute Gasteiger partial charge is 0.488 e. The Morgan fingerprint density at radius 2 is 2.10 bits per heavy atom. The van der Waals surface area contributed by atoms with Crippen LogP contribution in [0.4, 0.5) is 0 Å². The standard InChI is InChI=1S/C15H19ClO4/c16-13-7-3-6-12(15(18)19)14(13)20-9-11(17)8-10-4-1-2-5-10/h3,6-7,10-11,17H,1-2,4-5,8-9H2,(H,18,19). The van der Waals surface area contributed by atoms with E-state index in [0.29, 0.717) is 12.3 Å². The Morgan fingerprint density at radius 3 is 2.75 bits per heavy atom. The number of carboxylic acids is 1. The molecule has 110 valence electrons. The number of halogens is 1. The predicted molar refractivity (Wildman–Crippen MR) is 76.5 cm³/mol. The first-order valence-corrected chi connectivity index (χ1v) is 7.28. The molecule has 0 aromatic heterocycles. The van der Waals surface area contributed by atoms with Crippen molar-refractivity contribution in [3.8, 4) is 5.75 Å². The molecule has 1 saturated carbocycles. The number of aliphatic hydroxyl groups excluding tert-OH is 1. The van der Waals surface area contributed by atoms with Gasteiger partial charge in [0.15, 0.2) is 5.75 Å². The van der Waals surface area contributed by atoms with Gasteiger partial charge in [-0.25, -0.2) is 4.79 Å². The topological polar surface area (TPSA) is 66.8 Å². The van der Waals surface area contributed by atoms with Crippen molar-refractivity contribution in [3.05, 3.63) is 28.8 Å². The van der Waals surface area contributed by atoms with Gasteiger partial charge in [0.2, 0.25) is 0 Å². The summed E-state index contributed by atoms with van der Waals surface area (Å²) >= 11 is 5.96. The second-order valence-electron chi connectivity index (χ2n) is 5.27. The minimum Gasteiger partial charge on any atom is -0.488 e. The SMILES string of the molecule is O=C(O)c1cccc(Cl)c1OCC(O)CC1CCCC1. The Labute approximate surface area is 123 Å². The van der Waals surface area contributed by atoms with Gasteiger partial charge < -0.3 is 14.9 Å². The first-order valence-electron chi connectivity index (χ1n) is 6.90. The number of hydrogen-bond acceptors (Lipinski definition) is 3. The maximum atomic E-state index is 11.1. The van der Waals surface area contributed by atoms with E-state index in [-0.39, 0.29) is 22.9 Å². The molecule has 4 nitrogen and oxygen atoms in total. The van der Waals surface area contributed by atoms with Crippen LogP contribution in [0.25, 0.3) is 0 Å². The van der Waals surface area contributed by atoms with Crippen LogP contribution in [-0.2, 0) is 0 Å². The Balaban J connectivity index is 1.94. The second-order valence-corrected chi connectivity index (χ2v) is 5.68. The van der Waals surface area contributed by atoms with Gasteiger partial charge in [-0.15, -0.1) is 0 Å². The Kier molecular flexibility index (Phi) is 5.26. The lowest BCUT2D eigenvalue weighted by atomic mass is 10.0. The number of rotatable bonds is 6. The summed E-state index contributed by atoms with van der Waals surface area (Å²) < 4.78 is 5.44. The fraction of sp³-hybridized carbons (Fsp3) is 0.533. The molecule has 0 spiro atoms. The minimum atomic E-state index is -1.09. The smallest absolute Gasteiger partial charge is 0.339 e. The molecule has 5 heteroatoms. The Bertz CT molecular complexity index is 469. The molecule has 20 heavy (non-hydrogen) atoms. The molecule has 2 N–H and O–H groups in total. The van der Waals surface area contributed by atoms with Gasteiger partial charge in [-0.3, -0.25) is 0 Å². The zero-order valence-corrected chi connectivity index (χ0v) is 12.0. The van der Waals surface area contributed by atoms with E-state index in [1.807, 2.05) is 0 Å². The summed E-state index contributed by atoms with van der Waals surface area (Å²) in [6, 6.07) is 4.58. The number of aliphatic hydroxyl groups is 1. The van der Waals surface area contributed by atoms with Crippen LogP contribution in [0.15, 0.2) is 18.2 Å². The van der Waals surface area contributed by atoms with Gasteiger partial charge in [-0.1, -0.05) is 43.4 Å². The normalized spacial score (nSPS) is 17.1. The molecular formula is C15H19ClO4. The summed E-state index contributed by atoms with van der Waals surface area (Å²) in [7, 11) is 0. The molecular weight excluding hydrogens is 280 g/mol. The first kappa shape index (κ1) is 15.1. The number of hydrogen-bond donors (Lipinski definition) is 2. The van der Waals surface area contributed by atoms with Crippen molar-refractivity contribution in [1.29, 1.82) is 0 Å². The lowest BCUT2D eigenvalue weighted by molar-refractivity contribution is 0.0672. The van der Waals surface area contributed by atoms with E-state index in [4.69, 9.17) is 21.4 Å². The van der Waals surface area contributed by atoms with E-state index in [1.165, 1.54) is 18.9 Å². The molecule has 0 saturated heterocycles. The third kappa shape index (κ3) is 3.87. The quantitative estimate of drug-likeness (QED) is 0.845. The monoisotopic (exact) mass is 298 g/mol. The maximum absolute atomic E-state index is 11.1. The lowest BCUT2D eigenvalue weighted by Gasteiger charge is -2.17. The lowest BCUT2D eigenvalue weighted by Crippen LogP contribution is -2.21. The van der Waals surface area contributed by atoms with Crippen LogP contribution < -0.4 is 4.74 Å². The summed E-state index contributed by atoms with van der Waals surface area (Å²) in [5.41, 5.74) is 0.0190. The van der Waals surface area contributed by atoms with Crippen LogP contribution in [0.3, 0.4) is 0 Å². The van der Waals surface area contributed by atoms with Crippen LogP contribution >= 0.6 is 11.6 Å². The van der Waals surface area contributed by atoms with Gasteiger partial charge in [0.25, 0.3) is 0 Å². The summed E-state index contributed by atoms with van der Waals surface area (Å²) in [4.78, 5) is 11.1. The summed E-state index contributed by atoms with van der Waals surface area (Å²) in [5.74, 6) is -0.404. The fourth-order valence-corrected chi connectivity index (χ4v) is 2.93. The van der Waals surface area contributed by atoms with E-state index in [1.54, 1.807) is 12.1 Å². The molecule has 1 atom stereocenters. The van der Waals surface area contributed by atoms with E-state index < -0.39 is 12.1 Å². The zero-order valence-electron chi connectivity index (χ0n) is 11.2. The second kappa shape index (κ2) is 6.95. The van der Waals surface area contributed by atoms with Gasteiger partial charge in [-0.2, -0.15) is 0 Å². The maximum Gasteiger partial charge on any atom is 0.339 e. The average Bonchev–Trinajstić information content (AvgIpc) is 2.89. The molecule has 1 aromatic carbocycles. The molecule has 0 amide bonds. The highest BCUT2D eigenvalue weighted by atomic mass is 35.5. The molecule has 0 aliphatic heterocycles. The number of benzene rings is 1. The first-order chi connectivity index (χ1) is 9.58. The van der Waals surface area contributed by atoms with E-state index in [9.17, 15) is 9.90 Å². The molecule has 1 aliphatic carbocycles. The average molecular weight is 299 g/mol. The van der Waals surface area contributed by atoms with Crippen molar-refractivity contribution >= 4 is 17.6 Å². The highest BCUT2D eigenvalue weighted by molar-refractivity contribution is 6.32. The number of aromatic carboxylic acids is 1. The van der Waals surface area contributed by atoms with Gasteiger partial charge >= 0.3 is 5.97 Å². The molecule has 0 heterocycles. The van der Waals surface area contributed by atoms with E-state index >= 15 is 0 Å². The van der Waals surface area contributed by atoms with E-state index in [2.05, 4.69) is 0 Å². The predicted octanol–water partition coefficient (Wildman–Crippen LogP) is 3.36. The van der Waals surface area contributed by atoms with Crippen LogP contribution in [0.5, 0.6) is 5.75 Å². The van der Waals surface area contributed by atoms with Crippen LogP contribution in [-0.4, -0.2) is 28.9 Å². The molecule has 2 rings (SSSR count). The summed E-state index contributed by atoms with van der Waals surface area (Å²) in [6.07, 6.45) is 4.88. The number of para-hydroxylation sites is 1. The third-order valence-corrected chi connectivity index (χ3v) is 4.00. The van der Waals surface area contributed by atoms with Gasteiger partial charge in [-0.05, 0) is 24.5 Å². The van der Waals surface area contributed by atoms with Crippen molar-refractivity contribution in [1.82, 2.24) is 0 Å². The molecule has 1 unspecified atom stereocenters. The van der Waals surface area contributed by atoms with E-state index in [0.717, 1.165) is 12.8 Å². The third-order valence-electron chi connectivity index (χ3n) is 3.70. The van der Waals surface area contributed by atoms with Crippen molar-refractivity contribution in [2.75, 3.05) is 6.61 Å². The van der Waals surface area contributed by atoms with Crippen molar-refractivity contribution in [3.63, 3.8) is 0 Å². The van der Waals surface area contributed by atoms with Gasteiger partial charge in [0, 0.05) is 0 Å². The highest BCUT2D eigenvalue weighted by Crippen LogP contribution is 2.31. The molecule has 1 fully saturated rings. The fourth-order valence-electron chi connectivity index (χ4n) is 2.70. The van der Waals surface area contributed by atoms with Gasteiger partial charge in [0.05, 0.1) is 11.1 Å². The molecule has 1 aliphatic rings. The minimum absolute atomic E-state index is 0.0190. The molecule has 0 bridgehead atoms. The number of carboxylic acid groups (broad SMARTS) is 1. The van der Waals surface area contributed by atoms with Crippen LogP contribution in [0.1, 0.15) is 42.5 Å². The number of ether oxygens (including phenoxy) is 1. The highest BCUT2D eigenvalue weighted by Gasteiger charge is 2.20. The Morgan fingerprint density at radius 1 is 1.40 bits per heavy atom. The van der Waals surface area contributed by atoms with Crippen molar-refractivity contribution in [2.45, 2.75) is 38.2 Å².